The van der Waals surface area contributed by atoms with Gasteiger partial charge >= 0.3 is 0 Å². The monoisotopic (exact) mass is 468 g/mol. The van der Waals surface area contributed by atoms with Gasteiger partial charge in [-0.15, -0.1) is 0 Å². The van der Waals surface area contributed by atoms with E-state index in [1.165, 1.54) is 0 Å². The molecule has 1 unspecified atom stereocenters. The molecule has 1 atom stereocenters. The first-order chi connectivity index (χ1) is 16.3. The topological polar surface area (TPSA) is 163 Å². The average molecular weight is 469 g/mol. The Labute approximate surface area is 198 Å². The second kappa shape index (κ2) is 9.97. The molecule has 11 nitrogen and oxygen atoms in total. The zero-order valence-electron chi connectivity index (χ0n) is 19.8. The Kier molecular flexibility index (Phi) is 7.02. The van der Waals surface area contributed by atoms with Crippen LogP contribution in [0.15, 0.2) is 10.7 Å². The smallest absolute Gasteiger partial charge is 0.216 e. The van der Waals surface area contributed by atoms with Crippen LogP contribution >= 0.6 is 0 Å². The predicted octanol–water partition coefficient (Wildman–Crippen LogP) is 1.30. The number of pyridine rings is 1. The zero-order valence-corrected chi connectivity index (χ0v) is 19.8. The highest BCUT2D eigenvalue weighted by Crippen LogP contribution is 2.31. The van der Waals surface area contributed by atoms with Crippen LogP contribution in [0.4, 0.5) is 5.82 Å². The lowest BCUT2D eigenvalue weighted by atomic mass is 9.90. The third-order valence-electron chi connectivity index (χ3n) is 5.87. The number of aryl methyl sites for hydroxylation is 1. The van der Waals surface area contributed by atoms with Gasteiger partial charge in [0, 0.05) is 12.6 Å². The molecule has 1 fully saturated rings. The zero-order chi connectivity index (χ0) is 24.3. The maximum atomic E-state index is 10.2. The van der Waals surface area contributed by atoms with Gasteiger partial charge in [0.2, 0.25) is 5.88 Å². The summed E-state index contributed by atoms with van der Waals surface area (Å²) in [5.74, 6) is 7.29. The number of hydrogen-bond donors (Lipinski definition) is 4. The standard InChI is InChI=1S/C23H32N8O3/c1-4-31-16-13-18(33-17(6-10-24)14-7-11-26-12-8-14)27-15(5-9-23(2,3)32)19(16)28-22(31)20-21(25)30-34-29-20/h13-14,17,26,32H,4,6-8,10-12,24H2,1-3H3,(H2,25,30). The summed E-state index contributed by atoms with van der Waals surface area (Å²) in [7, 11) is 0. The van der Waals surface area contributed by atoms with Gasteiger partial charge in [-0.1, -0.05) is 5.92 Å². The summed E-state index contributed by atoms with van der Waals surface area (Å²) in [6, 6.07) is 1.86. The molecule has 0 bridgehead atoms. The molecule has 0 aliphatic carbocycles. The fraction of sp³-hybridized carbons (Fsp3) is 0.565. The number of rotatable bonds is 7. The summed E-state index contributed by atoms with van der Waals surface area (Å²) in [4.78, 5) is 9.41. The molecule has 182 valence electrons. The number of nitrogens with two attached hydrogens (primary N) is 2. The highest BCUT2D eigenvalue weighted by atomic mass is 16.6. The van der Waals surface area contributed by atoms with Gasteiger partial charge in [-0.05, 0) is 81.8 Å². The molecule has 0 saturated carbocycles. The van der Waals surface area contributed by atoms with E-state index in [-0.39, 0.29) is 11.9 Å². The molecule has 4 heterocycles. The first kappa shape index (κ1) is 23.9. The number of nitrogens with zero attached hydrogens (tertiary/aromatic N) is 5. The van der Waals surface area contributed by atoms with E-state index >= 15 is 0 Å². The summed E-state index contributed by atoms with van der Waals surface area (Å²) in [5.41, 5.74) is 12.7. The Morgan fingerprint density at radius 3 is 2.71 bits per heavy atom. The van der Waals surface area contributed by atoms with Crippen LogP contribution in [0.25, 0.3) is 22.6 Å². The highest BCUT2D eigenvalue weighted by molar-refractivity contribution is 5.86. The summed E-state index contributed by atoms with van der Waals surface area (Å²) < 4.78 is 13.2. The predicted molar refractivity (Wildman–Crippen MR) is 128 cm³/mol. The van der Waals surface area contributed by atoms with Crippen molar-refractivity contribution in [2.75, 3.05) is 25.4 Å². The minimum Gasteiger partial charge on any atom is -0.474 e. The van der Waals surface area contributed by atoms with E-state index in [1.54, 1.807) is 13.8 Å². The van der Waals surface area contributed by atoms with Crippen LogP contribution in [0.5, 0.6) is 5.88 Å². The fourth-order valence-corrected chi connectivity index (χ4v) is 4.24. The molecule has 0 radical (unpaired) electrons. The van der Waals surface area contributed by atoms with Gasteiger partial charge in [-0.25, -0.2) is 14.6 Å². The van der Waals surface area contributed by atoms with Crippen molar-refractivity contribution >= 4 is 16.9 Å². The second-order valence-electron chi connectivity index (χ2n) is 8.98. The van der Waals surface area contributed by atoms with Crippen LogP contribution in [-0.2, 0) is 6.54 Å². The van der Waals surface area contributed by atoms with Gasteiger partial charge in [-0.2, -0.15) is 0 Å². The molecule has 1 saturated heterocycles. The maximum Gasteiger partial charge on any atom is 0.216 e. The van der Waals surface area contributed by atoms with Gasteiger partial charge in [0.05, 0.1) is 5.52 Å². The number of aliphatic hydroxyl groups is 1. The number of anilines is 1. The van der Waals surface area contributed by atoms with Crippen LogP contribution < -0.4 is 21.5 Å². The van der Waals surface area contributed by atoms with Crippen molar-refractivity contribution in [2.24, 2.45) is 11.7 Å². The average Bonchev–Trinajstić information content (AvgIpc) is 3.40. The normalized spacial score (nSPS) is 15.8. The van der Waals surface area contributed by atoms with Crippen LogP contribution in [0.2, 0.25) is 0 Å². The molecule has 11 heteroatoms. The van der Waals surface area contributed by atoms with E-state index in [0.29, 0.717) is 47.6 Å². The summed E-state index contributed by atoms with van der Waals surface area (Å²) >= 11 is 0. The quantitative estimate of drug-likeness (QED) is 0.372. The second-order valence-corrected chi connectivity index (χ2v) is 8.98. The Morgan fingerprint density at radius 1 is 1.32 bits per heavy atom. The third kappa shape index (κ3) is 5.14. The number of aromatic nitrogens is 5. The number of hydrogen-bond acceptors (Lipinski definition) is 10. The van der Waals surface area contributed by atoms with Crippen LogP contribution in [0.3, 0.4) is 0 Å². The number of nitrogen functional groups attached to an aromatic ring is 1. The molecule has 0 spiro atoms. The number of fused-ring (bicyclic) bond motifs is 1. The van der Waals surface area contributed by atoms with Gasteiger partial charge in [0.1, 0.15) is 22.9 Å². The number of piperidine rings is 1. The molecule has 3 aromatic rings. The molecule has 34 heavy (non-hydrogen) atoms. The Balaban J connectivity index is 1.83. The maximum absolute atomic E-state index is 10.2. The van der Waals surface area contributed by atoms with E-state index < -0.39 is 5.60 Å². The van der Waals surface area contributed by atoms with Crippen molar-refractivity contribution in [3.63, 3.8) is 0 Å². The Hall–Kier alpha value is -3.20. The van der Waals surface area contributed by atoms with E-state index in [2.05, 4.69) is 32.5 Å². The SMILES string of the molecule is CCn1c(-c2nonc2N)nc2c(C#CC(C)(C)O)nc(OC(CCN)C3CCNCC3)cc21. The van der Waals surface area contributed by atoms with Gasteiger partial charge in [-0.3, -0.25) is 0 Å². The minimum atomic E-state index is -1.20. The Bertz CT molecular complexity index is 1190. The van der Waals surface area contributed by atoms with Crippen molar-refractivity contribution in [3.8, 4) is 29.2 Å². The first-order valence-electron chi connectivity index (χ1n) is 11.6. The summed E-state index contributed by atoms with van der Waals surface area (Å²) in [6.45, 7) is 8.25. The van der Waals surface area contributed by atoms with Crippen LogP contribution in [0, 0.1) is 17.8 Å². The van der Waals surface area contributed by atoms with Gasteiger partial charge in [0.25, 0.3) is 0 Å². The fourth-order valence-electron chi connectivity index (χ4n) is 4.24. The lowest BCUT2D eigenvalue weighted by Crippen LogP contribution is -2.38. The van der Waals surface area contributed by atoms with Gasteiger partial charge in [0.15, 0.2) is 17.3 Å². The van der Waals surface area contributed by atoms with Crippen molar-refractivity contribution < 1.29 is 14.5 Å². The Morgan fingerprint density at radius 2 is 2.09 bits per heavy atom. The molecular weight excluding hydrogens is 436 g/mol. The molecule has 3 aromatic heterocycles. The third-order valence-corrected chi connectivity index (χ3v) is 5.87. The summed E-state index contributed by atoms with van der Waals surface area (Å²) in [6.07, 6.45) is 2.72. The highest BCUT2D eigenvalue weighted by Gasteiger charge is 2.27. The minimum absolute atomic E-state index is 0.0556. The molecule has 1 aliphatic heterocycles. The van der Waals surface area contributed by atoms with E-state index in [4.69, 9.17) is 25.8 Å². The van der Waals surface area contributed by atoms with Crippen molar-refractivity contribution in [1.29, 1.82) is 0 Å². The molecule has 0 amide bonds. The van der Waals surface area contributed by atoms with Crippen molar-refractivity contribution in [1.82, 2.24) is 30.2 Å². The molecule has 0 aromatic carbocycles. The lowest BCUT2D eigenvalue weighted by Gasteiger charge is -2.30. The number of imidazole rings is 1. The molecular formula is C23H32N8O3. The van der Waals surface area contributed by atoms with Gasteiger partial charge < -0.3 is 31.2 Å². The lowest BCUT2D eigenvalue weighted by molar-refractivity contribution is 0.101. The van der Waals surface area contributed by atoms with E-state index in [0.717, 1.165) is 37.9 Å². The summed E-state index contributed by atoms with van der Waals surface area (Å²) in [5, 5.41) is 21.2. The first-order valence-corrected chi connectivity index (χ1v) is 11.6. The number of ether oxygens (including phenoxy) is 1. The molecule has 1 aliphatic rings. The van der Waals surface area contributed by atoms with E-state index in [1.807, 2.05) is 17.6 Å². The molecule has 6 N–H and O–H groups in total. The largest absolute Gasteiger partial charge is 0.474 e. The van der Waals surface area contributed by atoms with Crippen molar-refractivity contribution in [3.05, 3.63) is 11.8 Å². The van der Waals surface area contributed by atoms with E-state index in [9.17, 15) is 5.11 Å². The van der Waals surface area contributed by atoms with Crippen LogP contribution in [0.1, 0.15) is 45.7 Å². The van der Waals surface area contributed by atoms with Crippen molar-refractivity contribution in [2.45, 2.75) is 58.3 Å². The number of nitrogens with one attached hydrogen (secondary N) is 1. The molecule has 4 rings (SSSR count). The van der Waals surface area contributed by atoms with Crippen LogP contribution in [-0.4, -0.2) is 61.3 Å².